The molecule has 1 N–H and O–H groups in total. The predicted molar refractivity (Wildman–Crippen MR) is 162 cm³/mol. The molecule has 0 fully saturated rings. The van der Waals surface area contributed by atoms with Crippen LogP contribution >= 0.6 is 0 Å². The minimum atomic E-state index is -4.28. The average Bonchev–Trinajstić information content (AvgIpc) is 2.99. The Kier molecular flexibility index (Phi) is 10.3. The summed E-state index contributed by atoms with van der Waals surface area (Å²) in [7, 11) is -4.28. The van der Waals surface area contributed by atoms with Gasteiger partial charge in [-0.1, -0.05) is 60.7 Å². The van der Waals surface area contributed by atoms with Gasteiger partial charge in [0.05, 0.1) is 10.6 Å². The number of hydrogen-bond acceptors (Lipinski definition) is 4. The second kappa shape index (κ2) is 14.1. The zero-order valence-electron chi connectivity index (χ0n) is 23.9. The van der Waals surface area contributed by atoms with Crippen molar-refractivity contribution in [3.05, 3.63) is 132 Å². The van der Waals surface area contributed by atoms with Crippen LogP contribution in [0, 0.1) is 11.6 Å². The van der Waals surface area contributed by atoms with Crippen LogP contribution in [0.25, 0.3) is 0 Å². The van der Waals surface area contributed by atoms with Crippen LogP contribution in [0.15, 0.2) is 114 Å². The van der Waals surface area contributed by atoms with Crippen molar-refractivity contribution in [3.8, 4) is 0 Å². The Balaban J connectivity index is 1.79. The SMILES string of the molecule is CC(C)NC(=O)[C@@H](Cc1ccccc1)N(Cc1ccc(F)cc1)C(=O)CN(c1ccc(F)cc1)S(=O)(=O)c1ccccc1. The Morgan fingerprint density at radius 1 is 0.744 bits per heavy atom. The van der Waals surface area contributed by atoms with Crippen LogP contribution in [0.2, 0.25) is 0 Å². The molecule has 4 aromatic rings. The lowest BCUT2D eigenvalue weighted by atomic mass is 10.0. The van der Waals surface area contributed by atoms with Crippen molar-refractivity contribution in [1.82, 2.24) is 10.2 Å². The number of hydrogen-bond donors (Lipinski definition) is 1. The minimum absolute atomic E-state index is 0.0596. The smallest absolute Gasteiger partial charge is 0.264 e. The Hall–Kier alpha value is -4.57. The summed E-state index contributed by atoms with van der Waals surface area (Å²) in [4.78, 5) is 29.1. The summed E-state index contributed by atoms with van der Waals surface area (Å²) >= 11 is 0. The van der Waals surface area contributed by atoms with Crippen molar-refractivity contribution in [1.29, 1.82) is 0 Å². The molecule has 0 saturated carbocycles. The van der Waals surface area contributed by atoms with E-state index in [2.05, 4.69) is 5.32 Å². The average molecular weight is 606 g/mol. The first-order valence-corrected chi connectivity index (χ1v) is 15.2. The fraction of sp³-hybridized carbons (Fsp3) is 0.212. The number of carbonyl (C=O) groups excluding carboxylic acids is 2. The van der Waals surface area contributed by atoms with E-state index in [0.717, 1.165) is 22.0 Å². The van der Waals surface area contributed by atoms with E-state index < -0.39 is 46.1 Å². The Morgan fingerprint density at radius 2 is 1.28 bits per heavy atom. The Bertz CT molecular complexity index is 1620. The number of anilines is 1. The van der Waals surface area contributed by atoms with Gasteiger partial charge in [-0.2, -0.15) is 0 Å². The van der Waals surface area contributed by atoms with Gasteiger partial charge in [-0.15, -0.1) is 0 Å². The first-order chi connectivity index (χ1) is 20.5. The highest BCUT2D eigenvalue weighted by Crippen LogP contribution is 2.25. The van der Waals surface area contributed by atoms with E-state index >= 15 is 0 Å². The summed E-state index contributed by atoms with van der Waals surface area (Å²) in [6, 6.07) is 25.8. The lowest BCUT2D eigenvalue weighted by Crippen LogP contribution is -2.54. The van der Waals surface area contributed by atoms with Crippen molar-refractivity contribution < 1.29 is 26.8 Å². The molecule has 0 spiro atoms. The van der Waals surface area contributed by atoms with Crippen molar-refractivity contribution in [2.24, 2.45) is 0 Å². The molecular formula is C33H33F2N3O4S. The van der Waals surface area contributed by atoms with Gasteiger partial charge in [0.15, 0.2) is 0 Å². The molecule has 7 nitrogen and oxygen atoms in total. The molecular weight excluding hydrogens is 572 g/mol. The third-order valence-electron chi connectivity index (χ3n) is 6.69. The molecule has 1 atom stereocenters. The molecule has 10 heteroatoms. The van der Waals surface area contributed by atoms with E-state index in [-0.39, 0.29) is 29.6 Å². The first kappa shape index (κ1) is 31.4. The number of benzene rings is 4. The number of halogens is 2. The summed E-state index contributed by atoms with van der Waals surface area (Å²) in [5, 5.41) is 2.87. The van der Waals surface area contributed by atoms with Gasteiger partial charge < -0.3 is 10.2 Å². The third-order valence-corrected chi connectivity index (χ3v) is 8.48. The number of sulfonamides is 1. The van der Waals surface area contributed by atoms with Crippen molar-refractivity contribution >= 4 is 27.5 Å². The largest absolute Gasteiger partial charge is 0.352 e. The summed E-state index contributed by atoms with van der Waals surface area (Å²) in [5.41, 5.74) is 1.41. The molecule has 224 valence electrons. The van der Waals surface area contributed by atoms with Gasteiger partial charge in [-0.25, -0.2) is 17.2 Å². The molecule has 0 aliphatic heterocycles. The quantitative estimate of drug-likeness (QED) is 0.237. The lowest BCUT2D eigenvalue weighted by Gasteiger charge is -2.34. The molecule has 0 unspecified atom stereocenters. The molecule has 43 heavy (non-hydrogen) atoms. The van der Waals surface area contributed by atoms with Gasteiger partial charge in [0.25, 0.3) is 10.0 Å². The maximum atomic E-state index is 14.3. The third kappa shape index (κ3) is 8.26. The van der Waals surface area contributed by atoms with E-state index in [0.29, 0.717) is 5.56 Å². The minimum Gasteiger partial charge on any atom is -0.352 e. The van der Waals surface area contributed by atoms with Gasteiger partial charge >= 0.3 is 0 Å². The van der Waals surface area contributed by atoms with Crippen LogP contribution < -0.4 is 9.62 Å². The molecule has 0 heterocycles. The second-order valence-corrected chi connectivity index (χ2v) is 12.2. The Labute approximate surface area is 250 Å². The van der Waals surface area contributed by atoms with E-state index in [1.165, 1.54) is 53.4 Å². The van der Waals surface area contributed by atoms with E-state index in [4.69, 9.17) is 0 Å². The Morgan fingerprint density at radius 3 is 1.84 bits per heavy atom. The van der Waals surface area contributed by atoms with E-state index in [1.807, 2.05) is 30.3 Å². The molecule has 0 aromatic heterocycles. The zero-order valence-corrected chi connectivity index (χ0v) is 24.7. The number of rotatable bonds is 12. The van der Waals surface area contributed by atoms with Gasteiger partial charge in [0.2, 0.25) is 11.8 Å². The predicted octanol–water partition coefficient (Wildman–Crippen LogP) is 5.32. The van der Waals surface area contributed by atoms with Crippen LogP contribution in [0.4, 0.5) is 14.5 Å². The van der Waals surface area contributed by atoms with Gasteiger partial charge in [0.1, 0.15) is 24.2 Å². The summed E-state index contributed by atoms with van der Waals surface area (Å²) in [6.07, 6.45) is 0.147. The van der Waals surface area contributed by atoms with Crippen molar-refractivity contribution in [2.75, 3.05) is 10.8 Å². The zero-order chi connectivity index (χ0) is 31.0. The molecule has 0 saturated heterocycles. The normalized spacial score (nSPS) is 12.0. The standard InChI is InChI=1S/C33H33F2N3O4S/c1-24(2)36-33(40)31(21-25-9-5-3-6-10-25)37(22-26-13-15-27(34)16-14-26)32(39)23-38(29-19-17-28(35)18-20-29)43(41,42)30-11-7-4-8-12-30/h3-20,24,31H,21-23H2,1-2H3,(H,36,40)/t31-/m1/s1. The lowest BCUT2D eigenvalue weighted by molar-refractivity contribution is -0.140. The number of nitrogens with zero attached hydrogens (tertiary/aromatic N) is 2. The highest BCUT2D eigenvalue weighted by Gasteiger charge is 2.34. The fourth-order valence-electron chi connectivity index (χ4n) is 4.58. The second-order valence-electron chi connectivity index (χ2n) is 10.3. The summed E-state index contributed by atoms with van der Waals surface area (Å²) < 4.78 is 56.2. The number of amides is 2. The summed E-state index contributed by atoms with van der Waals surface area (Å²) in [6.45, 7) is 2.83. The fourth-order valence-corrected chi connectivity index (χ4v) is 6.01. The van der Waals surface area contributed by atoms with Crippen LogP contribution in [0.3, 0.4) is 0 Å². The molecule has 0 bridgehead atoms. The number of carbonyl (C=O) groups is 2. The maximum absolute atomic E-state index is 14.3. The first-order valence-electron chi connectivity index (χ1n) is 13.8. The molecule has 0 aliphatic rings. The molecule has 0 aliphatic carbocycles. The van der Waals surface area contributed by atoms with E-state index in [1.54, 1.807) is 32.0 Å². The molecule has 4 aromatic carbocycles. The maximum Gasteiger partial charge on any atom is 0.264 e. The van der Waals surface area contributed by atoms with Crippen molar-refractivity contribution in [3.63, 3.8) is 0 Å². The summed E-state index contributed by atoms with van der Waals surface area (Å²) in [5.74, 6) is -2.13. The molecule has 0 radical (unpaired) electrons. The highest BCUT2D eigenvalue weighted by molar-refractivity contribution is 7.92. The number of nitrogens with one attached hydrogen (secondary N) is 1. The van der Waals surface area contributed by atoms with Gasteiger partial charge in [0, 0.05) is 19.0 Å². The molecule has 4 rings (SSSR count). The molecule has 2 amide bonds. The van der Waals surface area contributed by atoms with Crippen LogP contribution in [-0.2, 0) is 32.6 Å². The van der Waals surface area contributed by atoms with Gasteiger partial charge in [-0.3, -0.25) is 13.9 Å². The highest BCUT2D eigenvalue weighted by atomic mass is 32.2. The van der Waals surface area contributed by atoms with Crippen LogP contribution in [-0.4, -0.2) is 43.8 Å². The van der Waals surface area contributed by atoms with Crippen molar-refractivity contribution in [2.45, 2.75) is 43.8 Å². The van der Waals surface area contributed by atoms with Crippen LogP contribution in [0.1, 0.15) is 25.0 Å². The van der Waals surface area contributed by atoms with Crippen LogP contribution in [0.5, 0.6) is 0 Å². The van der Waals surface area contributed by atoms with E-state index in [9.17, 15) is 26.8 Å². The topological polar surface area (TPSA) is 86.8 Å². The monoisotopic (exact) mass is 605 g/mol. The van der Waals surface area contributed by atoms with Gasteiger partial charge in [-0.05, 0) is 73.5 Å².